The number of carbonyl (C=O) groups is 1. The lowest BCUT2D eigenvalue weighted by Gasteiger charge is -2.30. The van der Waals surface area contributed by atoms with Crippen molar-refractivity contribution in [2.24, 2.45) is 5.92 Å². The molecule has 0 saturated carbocycles. The van der Waals surface area contributed by atoms with Gasteiger partial charge >= 0.3 is 0 Å². The summed E-state index contributed by atoms with van der Waals surface area (Å²) in [5.74, 6) is 1.42. The van der Waals surface area contributed by atoms with E-state index < -0.39 is 0 Å². The summed E-state index contributed by atoms with van der Waals surface area (Å²) < 4.78 is 11.4. The molecule has 1 amide bonds. The van der Waals surface area contributed by atoms with Gasteiger partial charge in [0.05, 0.1) is 28.9 Å². The monoisotopic (exact) mass is 435 g/mol. The topological polar surface area (TPSA) is 63.7 Å². The molecule has 156 valence electrons. The van der Waals surface area contributed by atoms with Gasteiger partial charge in [0.25, 0.3) is 0 Å². The maximum Gasteiger partial charge on any atom is 0.223 e. The van der Waals surface area contributed by atoms with Crippen LogP contribution in [0.15, 0.2) is 17.5 Å². The third kappa shape index (κ3) is 5.21. The van der Waals surface area contributed by atoms with E-state index in [2.05, 4.69) is 20.6 Å². The largest absolute Gasteiger partial charge is 0.489 e. The van der Waals surface area contributed by atoms with Crippen LogP contribution < -0.4 is 14.8 Å². The number of benzene rings is 1. The molecule has 2 aliphatic rings. The Bertz CT molecular complexity index is 865. The number of piperidine rings is 1. The zero-order chi connectivity index (χ0) is 20.2. The number of fused-ring (bicyclic) bond motifs is 1. The highest BCUT2D eigenvalue weighted by atomic mass is 35.5. The minimum Gasteiger partial charge on any atom is -0.489 e. The maximum absolute atomic E-state index is 12.6. The number of aryl methyl sites for hydroxylation is 1. The Kier molecular flexibility index (Phi) is 6.57. The number of hydrogen-bond acceptors (Lipinski definition) is 6. The number of thiazole rings is 1. The average molecular weight is 436 g/mol. The first kappa shape index (κ1) is 20.4. The second-order valence-electron chi connectivity index (χ2n) is 7.58. The number of carbonyl (C=O) groups excluding carboxylic acids is 1. The van der Waals surface area contributed by atoms with Crippen molar-refractivity contribution < 1.29 is 14.3 Å². The molecule has 1 fully saturated rings. The third-order valence-corrected chi connectivity index (χ3v) is 6.44. The number of amides is 1. The molecular weight excluding hydrogens is 410 g/mol. The molecule has 1 saturated heterocycles. The molecule has 2 aliphatic heterocycles. The van der Waals surface area contributed by atoms with Gasteiger partial charge in [-0.1, -0.05) is 11.6 Å². The normalized spacial score (nSPS) is 17.7. The van der Waals surface area contributed by atoms with E-state index in [0.717, 1.165) is 55.2 Å². The molecule has 8 heteroatoms. The first-order valence-corrected chi connectivity index (χ1v) is 11.3. The highest BCUT2D eigenvalue weighted by molar-refractivity contribution is 7.09. The lowest BCUT2D eigenvalue weighted by Crippen LogP contribution is -2.40. The van der Waals surface area contributed by atoms with Crippen molar-refractivity contribution in [2.75, 3.05) is 26.3 Å². The Morgan fingerprint density at radius 3 is 2.86 bits per heavy atom. The summed E-state index contributed by atoms with van der Waals surface area (Å²) in [5.41, 5.74) is 2.05. The molecule has 0 radical (unpaired) electrons. The van der Waals surface area contributed by atoms with Crippen LogP contribution in [0.3, 0.4) is 0 Å². The van der Waals surface area contributed by atoms with E-state index in [1.54, 1.807) is 11.3 Å². The minimum absolute atomic E-state index is 0.0549. The van der Waals surface area contributed by atoms with Gasteiger partial charge in [-0.05, 0) is 50.6 Å². The van der Waals surface area contributed by atoms with Crippen molar-refractivity contribution in [3.05, 3.63) is 38.8 Å². The number of rotatable bonds is 5. The minimum atomic E-state index is 0.0549. The lowest BCUT2D eigenvalue weighted by atomic mass is 9.95. The molecule has 1 N–H and O–H groups in total. The first-order valence-electron chi connectivity index (χ1n) is 10.1. The molecule has 1 aromatic heterocycles. The van der Waals surface area contributed by atoms with E-state index in [-0.39, 0.29) is 11.8 Å². The van der Waals surface area contributed by atoms with Gasteiger partial charge in [0.2, 0.25) is 5.91 Å². The summed E-state index contributed by atoms with van der Waals surface area (Å²) in [7, 11) is 0. The quantitative estimate of drug-likeness (QED) is 0.774. The molecule has 0 spiro atoms. The molecule has 0 aliphatic carbocycles. The summed E-state index contributed by atoms with van der Waals surface area (Å²) in [4.78, 5) is 19.5. The van der Waals surface area contributed by atoms with Crippen LogP contribution in [-0.2, 0) is 17.9 Å². The number of aromatic nitrogens is 1. The van der Waals surface area contributed by atoms with Gasteiger partial charge in [-0.15, -0.1) is 11.3 Å². The molecule has 0 unspecified atom stereocenters. The zero-order valence-corrected chi connectivity index (χ0v) is 18.2. The van der Waals surface area contributed by atoms with Crippen molar-refractivity contribution in [3.63, 3.8) is 0 Å². The van der Waals surface area contributed by atoms with Crippen LogP contribution in [0.25, 0.3) is 0 Å². The van der Waals surface area contributed by atoms with Gasteiger partial charge in [0.15, 0.2) is 11.5 Å². The smallest absolute Gasteiger partial charge is 0.223 e. The number of nitrogens with one attached hydrogen (secondary N) is 1. The molecule has 6 nitrogen and oxygen atoms in total. The highest BCUT2D eigenvalue weighted by Gasteiger charge is 2.25. The molecule has 2 aromatic rings. The molecule has 4 rings (SSSR count). The molecular formula is C21H26ClN3O3S. The Hall–Kier alpha value is -1.83. The van der Waals surface area contributed by atoms with Crippen molar-refractivity contribution in [2.45, 2.75) is 39.3 Å². The Labute approximate surface area is 180 Å². The van der Waals surface area contributed by atoms with E-state index in [1.807, 2.05) is 19.1 Å². The van der Waals surface area contributed by atoms with Crippen LogP contribution in [-0.4, -0.2) is 42.1 Å². The summed E-state index contributed by atoms with van der Waals surface area (Å²) in [6.45, 7) is 6.39. The number of ether oxygens (including phenoxy) is 2. The van der Waals surface area contributed by atoms with Gasteiger partial charge in [0.1, 0.15) is 0 Å². The fraction of sp³-hybridized carbons (Fsp3) is 0.524. The van der Waals surface area contributed by atoms with Crippen LogP contribution >= 0.6 is 22.9 Å². The molecule has 29 heavy (non-hydrogen) atoms. The number of likely N-dealkylation sites (tertiary alicyclic amines) is 1. The van der Waals surface area contributed by atoms with E-state index in [0.29, 0.717) is 36.3 Å². The SMILES string of the molecule is Cc1nc(CN2CCC(C(=O)NCc3cc(Cl)c4c(c3)OCCCO4)CC2)cs1. The van der Waals surface area contributed by atoms with Crippen LogP contribution in [0.4, 0.5) is 0 Å². The summed E-state index contributed by atoms with van der Waals surface area (Å²) in [6, 6.07) is 3.75. The fourth-order valence-corrected chi connectivity index (χ4v) is 4.67. The van der Waals surface area contributed by atoms with E-state index >= 15 is 0 Å². The number of hydrogen-bond donors (Lipinski definition) is 1. The maximum atomic E-state index is 12.6. The predicted molar refractivity (Wildman–Crippen MR) is 114 cm³/mol. The van der Waals surface area contributed by atoms with Crippen LogP contribution in [0.1, 0.15) is 35.5 Å². The summed E-state index contributed by atoms with van der Waals surface area (Å²) in [5, 5.41) is 6.81. The summed E-state index contributed by atoms with van der Waals surface area (Å²) >= 11 is 8.03. The van der Waals surface area contributed by atoms with Crippen molar-refractivity contribution >= 4 is 28.8 Å². The average Bonchev–Trinajstić information content (AvgIpc) is 2.97. The van der Waals surface area contributed by atoms with Crippen LogP contribution in [0.5, 0.6) is 11.5 Å². The number of halogens is 1. The fourth-order valence-electron chi connectivity index (χ4n) is 3.78. The van der Waals surface area contributed by atoms with Crippen molar-refractivity contribution in [1.82, 2.24) is 15.2 Å². The van der Waals surface area contributed by atoms with Crippen LogP contribution in [0.2, 0.25) is 5.02 Å². The second-order valence-corrected chi connectivity index (χ2v) is 9.05. The van der Waals surface area contributed by atoms with Gasteiger partial charge in [-0.2, -0.15) is 0 Å². The van der Waals surface area contributed by atoms with Crippen molar-refractivity contribution in [1.29, 1.82) is 0 Å². The van der Waals surface area contributed by atoms with E-state index in [9.17, 15) is 4.79 Å². The lowest BCUT2D eigenvalue weighted by molar-refractivity contribution is -0.126. The van der Waals surface area contributed by atoms with Crippen LogP contribution in [0, 0.1) is 12.8 Å². The molecule has 0 bridgehead atoms. The van der Waals surface area contributed by atoms with E-state index in [4.69, 9.17) is 21.1 Å². The van der Waals surface area contributed by atoms with Gasteiger partial charge in [-0.25, -0.2) is 4.98 Å². The van der Waals surface area contributed by atoms with Gasteiger partial charge in [-0.3, -0.25) is 9.69 Å². The van der Waals surface area contributed by atoms with Gasteiger partial charge in [0, 0.05) is 30.8 Å². The second kappa shape index (κ2) is 9.32. The Morgan fingerprint density at radius 2 is 2.10 bits per heavy atom. The molecule has 3 heterocycles. The Morgan fingerprint density at radius 1 is 1.31 bits per heavy atom. The zero-order valence-electron chi connectivity index (χ0n) is 16.6. The Balaban J connectivity index is 1.27. The van der Waals surface area contributed by atoms with Crippen molar-refractivity contribution in [3.8, 4) is 11.5 Å². The molecule has 0 atom stereocenters. The number of nitrogens with zero attached hydrogens (tertiary/aromatic N) is 2. The van der Waals surface area contributed by atoms with E-state index in [1.165, 1.54) is 0 Å². The summed E-state index contributed by atoms with van der Waals surface area (Å²) in [6.07, 6.45) is 2.57. The van der Waals surface area contributed by atoms with Gasteiger partial charge < -0.3 is 14.8 Å². The third-order valence-electron chi connectivity index (χ3n) is 5.34. The standard InChI is InChI=1S/C21H26ClN3O3S/c1-14-24-17(13-29-14)12-25-5-3-16(4-6-25)21(26)23-11-15-9-18(22)20-19(10-15)27-7-2-8-28-20/h9-10,13,16H,2-8,11-12H2,1H3,(H,23,26). The first-order chi connectivity index (χ1) is 14.1. The predicted octanol–water partition coefficient (Wildman–Crippen LogP) is 3.79. The molecule has 1 aromatic carbocycles. The highest BCUT2D eigenvalue weighted by Crippen LogP contribution is 2.38.